The lowest BCUT2D eigenvalue weighted by molar-refractivity contribution is -0.134. The fraction of sp³-hybridized carbons (Fsp3) is 0.900. The maximum absolute atomic E-state index is 12.0. The van der Waals surface area contributed by atoms with Gasteiger partial charge in [0.2, 0.25) is 5.91 Å². The van der Waals surface area contributed by atoms with Gasteiger partial charge in [-0.25, -0.2) is 0 Å². The average Bonchev–Trinajstić information content (AvgIpc) is 2.65. The number of halogens is 1. The molecule has 6 heteroatoms. The maximum atomic E-state index is 12.0. The van der Waals surface area contributed by atoms with Crippen molar-refractivity contribution >= 4 is 18.3 Å². The van der Waals surface area contributed by atoms with E-state index in [1.807, 2.05) is 4.90 Å². The smallest absolute Gasteiger partial charge is 0.239 e. The quantitative estimate of drug-likeness (QED) is 0.620. The van der Waals surface area contributed by atoms with Crippen LogP contribution in [0.3, 0.4) is 0 Å². The van der Waals surface area contributed by atoms with Gasteiger partial charge >= 0.3 is 0 Å². The largest absolute Gasteiger partial charge is 0.392 e. The highest BCUT2D eigenvalue weighted by atomic mass is 35.5. The second kappa shape index (κ2) is 5.82. The van der Waals surface area contributed by atoms with Gasteiger partial charge in [0.25, 0.3) is 0 Å². The number of nitrogens with one attached hydrogen (secondary N) is 1. The SMILES string of the molecule is CN1CCN(C(=O)[C@H]2C[C@@H](O)CN2)CC1.Cl. The van der Waals surface area contributed by atoms with Gasteiger partial charge in [-0.1, -0.05) is 0 Å². The summed E-state index contributed by atoms with van der Waals surface area (Å²) in [5.74, 6) is 0.152. The van der Waals surface area contributed by atoms with Crippen LogP contribution in [0.2, 0.25) is 0 Å². The van der Waals surface area contributed by atoms with Crippen LogP contribution < -0.4 is 5.32 Å². The van der Waals surface area contributed by atoms with E-state index in [1.165, 1.54) is 0 Å². The zero-order chi connectivity index (χ0) is 10.8. The fourth-order valence-electron chi connectivity index (χ4n) is 2.15. The number of carbonyl (C=O) groups is 1. The van der Waals surface area contributed by atoms with Crippen LogP contribution in [0.1, 0.15) is 6.42 Å². The number of β-amino-alcohol motifs (C(OH)–C–C–N with tert-alkyl or cyclic N) is 1. The molecule has 94 valence electrons. The number of amides is 1. The summed E-state index contributed by atoms with van der Waals surface area (Å²) in [6.07, 6.45) is 0.206. The van der Waals surface area contributed by atoms with Gasteiger partial charge < -0.3 is 20.2 Å². The van der Waals surface area contributed by atoms with Crippen molar-refractivity contribution in [2.75, 3.05) is 39.8 Å². The van der Waals surface area contributed by atoms with E-state index in [4.69, 9.17) is 0 Å². The zero-order valence-corrected chi connectivity index (χ0v) is 10.4. The Morgan fingerprint density at radius 1 is 1.31 bits per heavy atom. The summed E-state index contributed by atoms with van der Waals surface area (Å²) in [5.41, 5.74) is 0. The molecule has 0 unspecified atom stereocenters. The molecule has 0 spiro atoms. The number of aliphatic hydroxyl groups is 1. The number of rotatable bonds is 1. The lowest BCUT2D eigenvalue weighted by Crippen LogP contribution is -2.52. The predicted molar refractivity (Wildman–Crippen MR) is 63.7 cm³/mol. The van der Waals surface area contributed by atoms with Gasteiger partial charge in [0.15, 0.2) is 0 Å². The molecule has 1 amide bonds. The highest BCUT2D eigenvalue weighted by Crippen LogP contribution is 2.11. The highest BCUT2D eigenvalue weighted by Gasteiger charge is 2.32. The monoisotopic (exact) mass is 249 g/mol. The fourth-order valence-corrected chi connectivity index (χ4v) is 2.15. The summed E-state index contributed by atoms with van der Waals surface area (Å²) in [7, 11) is 2.07. The molecule has 0 saturated carbocycles. The molecule has 2 aliphatic heterocycles. The van der Waals surface area contributed by atoms with Crippen molar-refractivity contribution in [3.05, 3.63) is 0 Å². The third-order valence-electron chi connectivity index (χ3n) is 3.22. The molecule has 0 radical (unpaired) electrons. The summed E-state index contributed by atoms with van der Waals surface area (Å²) in [6, 6.07) is -0.164. The van der Waals surface area contributed by atoms with Gasteiger partial charge in [-0.15, -0.1) is 12.4 Å². The standard InChI is InChI=1S/C10H19N3O2.ClH/c1-12-2-4-13(5-3-12)10(15)9-6-8(14)7-11-9;/h8-9,11,14H,2-7H2,1H3;1H/t8-,9-;/m1./s1. The van der Waals surface area contributed by atoms with Crippen LogP contribution in [0, 0.1) is 0 Å². The van der Waals surface area contributed by atoms with Crippen LogP contribution in [0.25, 0.3) is 0 Å². The molecule has 0 aromatic heterocycles. The van der Waals surface area contributed by atoms with Crippen molar-refractivity contribution < 1.29 is 9.90 Å². The van der Waals surface area contributed by atoms with Crippen LogP contribution >= 0.6 is 12.4 Å². The molecule has 16 heavy (non-hydrogen) atoms. The lowest BCUT2D eigenvalue weighted by atomic mass is 10.1. The molecule has 2 heterocycles. The van der Waals surface area contributed by atoms with E-state index in [0.29, 0.717) is 13.0 Å². The summed E-state index contributed by atoms with van der Waals surface area (Å²) in [4.78, 5) is 16.1. The number of likely N-dealkylation sites (N-methyl/N-ethyl adjacent to an activating group) is 1. The summed E-state index contributed by atoms with van der Waals surface area (Å²) in [6.45, 7) is 4.05. The Bertz CT molecular complexity index is 244. The normalized spacial score (nSPS) is 31.2. The van der Waals surface area contributed by atoms with Crippen LogP contribution in [-0.4, -0.2) is 72.7 Å². The molecule has 2 aliphatic rings. The van der Waals surface area contributed by atoms with Crippen LogP contribution in [0.15, 0.2) is 0 Å². The Kier molecular flexibility index (Phi) is 4.98. The first-order valence-electron chi connectivity index (χ1n) is 5.55. The predicted octanol–water partition coefficient (Wildman–Crippen LogP) is -1.09. The first-order chi connectivity index (χ1) is 7.16. The molecule has 2 N–H and O–H groups in total. The third kappa shape index (κ3) is 3.07. The first kappa shape index (κ1) is 13.7. The molecule has 2 rings (SSSR count). The van der Waals surface area contributed by atoms with Gasteiger partial charge in [0.1, 0.15) is 0 Å². The minimum Gasteiger partial charge on any atom is -0.392 e. The van der Waals surface area contributed by atoms with Crippen LogP contribution in [-0.2, 0) is 4.79 Å². The van der Waals surface area contributed by atoms with E-state index < -0.39 is 0 Å². The van der Waals surface area contributed by atoms with Crippen molar-refractivity contribution in [2.45, 2.75) is 18.6 Å². The molecule has 2 saturated heterocycles. The second-order valence-electron chi connectivity index (χ2n) is 4.48. The van der Waals surface area contributed by atoms with Gasteiger partial charge in [0, 0.05) is 32.7 Å². The van der Waals surface area contributed by atoms with Crippen molar-refractivity contribution in [3.8, 4) is 0 Å². The van der Waals surface area contributed by atoms with Crippen molar-refractivity contribution in [1.29, 1.82) is 0 Å². The Labute approximate surface area is 102 Å². The van der Waals surface area contributed by atoms with Crippen LogP contribution in [0.5, 0.6) is 0 Å². The first-order valence-corrected chi connectivity index (χ1v) is 5.55. The van der Waals surface area contributed by atoms with E-state index in [1.54, 1.807) is 0 Å². The van der Waals surface area contributed by atoms with E-state index in [0.717, 1.165) is 26.2 Å². The zero-order valence-electron chi connectivity index (χ0n) is 9.56. The molecule has 5 nitrogen and oxygen atoms in total. The Balaban J connectivity index is 0.00000128. The number of piperazine rings is 1. The minimum absolute atomic E-state index is 0. The van der Waals surface area contributed by atoms with E-state index in [9.17, 15) is 9.90 Å². The minimum atomic E-state index is -0.355. The van der Waals surface area contributed by atoms with Crippen molar-refractivity contribution in [3.63, 3.8) is 0 Å². The van der Waals surface area contributed by atoms with Crippen molar-refractivity contribution in [1.82, 2.24) is 15.1 Å². The molecule has 0 aromatic carbocycles. The average molecular weight is 250 g/mol. The van der Waals surface area contributed by atoms with E-state index >= 15 is 0 Å². The maximum Gasteiger partial charge on any atom is 0.239 e. The topological polar surface area (TPSA) is 55.8 Å². The van der Waals surface area contributed by atoms with Gasteiger partial charge in [-0.3, -0.25) is 4.79 Å². The van der Waals surface area contributed by atoms with E-state index in [-0.39, 0.29) is 30.5 Å². The summed E-state index contributed by atoms with van der Waals surface area (Å²) in [5, 5.41) is 12.4. The Morgan fingerprint density at radius 2 is 1.94 bits per heavy atom. The Hall–Kier alpha value is -0.360. The number of carbonyl (C=O) groups excluding carboxylic acids is 1. The van der Waals surface area contributed by atoms with E-state index in [2.05, 4.69) is 17.3 Å². The Morgan fingerprint density at radius 3 is 2.44 bits per heavy atom. The number of hydrogen-bond donors (Lipinski definition) is 2. The molecular weight excluding hydrogens is 230 g/mol. The molecule has 0 aliphatic carbocycles. The molecule has 2 atom stereocenters. The van der Waals surface area contributed by atoms with Gasteiger partial charge in [-0.05, 0) is 13.5 Å². The molecule has 0 bridgehead atoms. The van der Waals surface area contributed by atoms with Crippen LogP contribution in [0.4, 0.5) is 0 Å². The van der Waals surface area contributed by atoms with Crippen molar-refractivity contribution in [2.24, 2.45) is 0 Å². The van der Waals surface area contributed by atoms with Gasteiger partial charge in [0.05, 0.1) is 12.1 Å². The third-order valence-corrected chi connectivity index (χ3v) is 3.22. The number of hydrogen-bond acceptors (Lipinski definition) is 4. The highest BCUT2D eigenvalue weighted by molar-refractivity contribution is 5.85. The molecule has 0 aromatic rings. The molecule has 2 fully saturated rings. The summed E-state index contributed by atoms with van der Waals surface area (Å²) < 4.78 is 0. The summed E-state index contributed by atoms with van der Waals surface area (Å²) >= 11 is 0. The molecular formula is C10H20ClN3O2. The number of nitrogens with zero attached hydrogens (tertiary/aromatic N) is 2. The van der Waals surface area contributed by atoms with Gasteiger partial charge in [-0.2, -0.15) is 0 Å². The lowest BCUT2D eigenvalue weighted by Gasteiger charge is -2.33. The second-order valence-corrected chi connectivity index (χ2v) is 4.48. The number of aliphatic hydroxyl groups excluding tert-OH is 1.